The third-order valence-corrected chi connectivity index (χ3v) is 6.35. The van der Waals surface area contributed by atoms with Crippen molar-refractivity contribution in [2.24, 2.45) is 0 Å². The number of benzene rings is 3. The van der Waals surface area contributed by atoms with Crippen LogP contribution < -0.4 is 23.7 Å². The molecule has 0 atom stereocenters. The van der Waals surface area contributed by atoms with Crippen LogP contribution in [0.15, 0.2) is 63.2 Å². The maximum absolute atomic E-state index is 13.2. The van der Waals surface area contributed by atoms with Crippen molar-refractivity contribution in [1.29, 1.82) is 0 Å². The molecular weight excluding hydrogens is 544 g/mol. The summed E-state index contributed by atoms with van der Waals surface area (Å²) in [7, 11) is 4.56. The van der Waals surface area contributed by atoms with Gasteiger partial charge in [0, 0.05) is 27.6 Å². The lowest BCUT2D eigenvalue weighted by Crippen LogP contribution is -2.07. The molecule has 0 amide bonds. The number of carbonyl (C=O) groups excluding carboxylic acids is 2. The summed E-state index contributed by atoms with van der Waals surface area (Å²) in [6, 6.07) is 13.5. The highest BCUT2D eigenvalue weighted by Crippen LogP contribution is 2.40. The Kier molecular flexibility index (Phi) is 6.39. The van der Waals surface area contributed by atoms with Gasteiger partial charge in [0.15, 0.2) is 17.3 Å². The summed E-state index contributed by atoms with van der Waals surface area (Å²) in [6.45, 7) is 1.75. The summed E-state index contributed by atoms with van der Waals surface area (Å²) in [6.07, 6.45) is 1.57. The number of ketones is 1. The molecule has 0 N–H and O–H groups in total. The minimum atomic E-state index is -0.665. The number of rotatable bonds is 6. The number of Topliss-reactive ketones (excluding diaryl/α,β-unsaturated/α-hetero) is 1. The second-order valence-electron chi connectivity index (χ2n) is 8.18. The van der Waals surface area contributed by atoms with Gasteiger partial charge < -0.3 is 28.1 Å². The number of hydrogen-bond acceptors (Lipinski definition) is 8. The summed E-state index contributed by atoms with van der Waals surface area (Å²) < 4.78 is 34.0. The van der Waals surface area contributed by atoms with E-state index >= 15 is 0 Å². The largest absolute Gasteiger partial charge is 0.496 e. The van der Waals surface area contributed by atoms with E-state index in [4.69, 9.17) is 28.1 Å². The summed E-state index contributed by atoms with van der Waals surface area (Å²) in [4.78, 5) is 25.9. The van der Waals surface area contributed by atoms with Crippen molar-refractivity contribution in [1.82, 2.24) is 0 Å². The molecule has 0 radical (unpaired) electrons. The molecule has 1 aromatic heterocycles. The molecule has 0 unspecified atom stereocenters. The van der Waals surface area contributed by atoms with E-state index in [2.05, 4.69) is 15.9 Å². The molecule has 37 heavy (non-hydrogen) atoms. The average Bonchev–Trinajstić information content (AvgIpc) is 3.44. The standard InChI is InChI=1S/C28H21BrO8/c1-14-7-18(35-28(31)25-11-15-8-17(29)5-6-19(15)36-25)12-23-26(14)27(30)24(37-23)10-16-9-21(33-3)22(34-4)13-20(16)32-2/h5-13H,1-4H3/b24-10-. The van der Waals surface area contributed by atoms with Crippen molar-refractivity contribution in [3.8, 4) is 28.7 Å². The van der Waals surface area contributed by atoms with Gasteiger partial charge in [-0.15, -0.1) is 0 Å². The van der Waals surface area contributed by atoms with E-state index in [1.807, 2.05) is 12.1 Å². The Labute approximate surface area is 220 Å². The fourth-order valence-corrected chi connectivity index (χ4v) is 4.49. The van der Waals surface area contributed by atoms with Crippen LogP contribution in [0.5, 0.6) is 28.7 Å². The van der Waals surface area contributed by atoms with Crippen LogP contribution in [0.3, 0.4) is 0 Å². The van der Waals surface area contributed by atoms with Crippen molar-refractivity contribution in [3.05, 3.63) is 81.2 Å². The predicted octanol–water partition coefficient (Wildman–Crippen LogP) is 6.36. The van der Waals surface area contributed by atoms with Gasteiger partial charge in [-0.05, 0) is 55.0 Å². The van der Waals surface area contributed by atoms with Gasteiger partial charge in [-0.2, -0.15) is 0 Å². The van der Waals surface area contributed by atoms with Crippen LogP contribution in [-0.2, 0) is 0 Å². The minimum absolute atomic E-state index is 0.0596. The van der Waals surface area contributed by atoms with Gasteiger partial charge in [0.2, 0.25) is 11.5 Å². The molecule has 0 fully saturated rings. The SMILES string of the molecule is COc1cc(OC)c(OC)cc1/C=C1\Oc2cc(OC(=O)c3cc4cc(Br)ccc4o3)cc(C)c2C1=O. The number of allylic oxidation sites excluding steroid dienone is 1. The lowest BCUT2D eigenvalue weighted by Gasteiger charge is -2.12. The normalized spacial score (nSPS) is 13.4. The second kappa shape index (κ2) is 9.67. The topological polar surface area (TPSA) is 93.4 Å². The molecule has 1 aliphatic rings. The number of esters is 1. The van der Waals surface area contributed by atoms with Gasteiger partial charge in [0.1, 0.15) is 22.8 Å². The molecule has 8 nitrogen and oxygen atoms in total. The molecule has 9 heteroatoms. The van der Waals surface area contributed by atoms with E-state index in [1.54, 1.807) is 43.3 Å². The van der Waals surface area contributed by atoms with E-state index in [0.717, 1.165) is 9.86 Å². The van der Waals surface area contributed by atoms with Gasteiger partial charge in [-0.3, -0.25) is 4.79 Å². The number of halogens is 1. The Bertz CT molecular complexity index is 1600. The van der Waals surface area contributed by atoms with Crippen molar-refractivity contribution >= 4 is 44.7 Å². The van der Waals surface area contributed by atoms with Crippen LogP contribution in [-0.4, -0.2) is 33.1 Å². The Morgan fingerprint density at radius 3 is 2.38 bits per heavy atom. The summed E-state index contributed by atoms with van der Waals surface area (Å²) in [5, 5.41) is 0.765. The van der Waals surface area contributed by atoms with E-state index < -0.39 is 5.97 Å². The zero-order chi connectivity index (χ0) is 26.3. The molecule has 4 aromatic rings. The van der Waals surface area contributed by atoms with Crippen LogP contribution >= 0.6 is 15.9 Å². The van der Waals surface area contributed by atoms with Crippen molar-refractivity contribution in [2.75, 3.05) is 21.3 Å². The van der Waals surface area contributed by atoms with Crippen LogP contribution in [0.2, 0.25) is 0 Å². The molecule has 3 aromatic carbocycles. The van der Waals surface area contributed by atoms with Crippen molar-refractivity contribution < 1.29 is 37.7 Å². The highest BCUT2D eigenvalue weighted by atomic mass is 79.9. The number of methoxy groups -OCH3 is 3. The van der Waals surface area contributed by atoms with Crippen LogP contribution in [0.25, 0.3) is 17.0 Å². The highest BCUT2D eigenvalue weighted by molar-refractivity contribution is 9.10. The summed E-state index contributed by atoms with van der Waals surface area (Å²) >= 11 is 3.40. The van der Waals surface area contributed by atoms with Gasteiger partial charge in [0.25, 0.3) is 0 Å². The number of carbonyl (C=O) groups is 2. The summed E-state index contributed by atoms with van der Waals surface area (Å²) in [5.74, 6) is 1.13. The zero-order valence-electron chi connectivity index (χ0n) is 20.3. The number of ether oxygens (including phenoxy) is 5. The Morgan fingerprint density at radius 2 is 1.65 bits per heavy atom. The minimum Gasteiger partial charge on any atom is -0.496 e. The molecule has 5 rings (SSSR count). The third kappa shape index (κ3) is 4.53. The maximum Gasteiger partial charge on any atom is 0.379 e. The molecule has 0 saturated heterocycles. The van der Waals surface area contributed by atoms with E-state index in [-0.39, 0.29) is 28.8 Å². The molecule has 0 saturated carbocycles. The van der Waals surface area contributed by atoms with Crippen LogP contribution in [0.4, 0.5) is 0 Å². The Balaban J connectivity index is 1.43. The first-order valence-corrected chi connectivity index (χ1v) is 11.9. The van der Waals surface area contributed by atoms with Gasteiger partial charge in [0.05, 0.1) is 26.9 Å². The first-order chi connectivity index (χ1) is 17.8. The lowest BCUT2D eigenvalue weighted by molar-refractivity contribution is 0.0703. The van der Waals surface area contributed by atoms with Gasteiger partial charge in [-0.1, -0.05) is 15.9 Å². The first kappa shape index (κ1) is 24.5. The van der Waals surface area contributed by atoms with Gasteiger partial charge in [-0.25, -0.2) is 4.79 Å². The van der Waals surface area contributed by atoms with E-state index in [0.29, 0.717) is 39.5 Å². The Hall–Kier alpha value is -4.24. The molecule has 188 valence electrons. The third-order valence-electron chi connectivity index (χ3n) is 5.86. The first-order valence-electron chi connectivity index (χ1n) is 11.1. The Morgan fingerprint density at radius 1 is 0.919 bits per heavy atom. The fraction of sp³-hybridized carbons (Fsp3) is 0.143. The number of hydrogen-bond donors (Lipinski definition) is 0. The molecule has 0 bridgehead atoms. The quantitative estimate of drug-likeness (QED) is 0.151. The van der Waals surface area contributed by atoms with Crippen LogP contribution in [0, 0.1) is 6.92 Å². The molecule has 2 heterocycles. The predicted molar refractivity (Wildman–Crippen MR) is 139 cm³/mol. The second-order valence-corrected chi connectivity index (χ2v) is 9.10. The highest BCUT2D eigenvalue weighted by Gasteiger charge is 2.31. The number of furan rings is 1. The molecule has 1 aliphatic heterocycles. The number of aryl methyl sites for hydroxylation is 1. The van der Waals surface area contributed by atoms with Crippen LogP contribution in [0.1, 0.15) is 32.0 Å². The summed E-state index contributed by atoms with van der Waals surface area (Å²) in [5.41, 5.74) is 2.12. The average molecular weight is 565 g/mol. The maximum atomic E-state index is 13.2. The lowest BCUT2D eigenvalue weighted by atomic mass is 10.0. The molecule has 0 spiro atoms. The van der Waals surface area contributed by atoms with Gasteiger partial charge >= 0.3 is 5.97 Å². The van der Waals surface area contributed by atoms with Crippen molar-refractivity contribution in [2.45, 2.75) is 6.92 Å². The smallest absolute Gasteiger partial charge is 0.379 e. The van der Waals surface area contributed by atoms with Crippen molar-refractivity contribution in [3.63, 3.8) is 0 Å². The monoisotopic (exact) mass is 564 g/mol. The molecule has 0 aliphatic carbocycles. The fourth-order valence-electron chi connectivity index (χ4n) is 4.12. The molecular formula is C28H21BrO8. The number of fused-ring (bicyclic) bond motifs is 2. The van der Waals surface area contributed by atoms with E-state index in [1.165, 1.54) is 27.4 Å². The van der Waals surface area contributed by atoms with E-state index in [9.17, 15) is 9.59 Å². The zero-order valence-corrected chi connectivity index (χ0v) is 21.9.